The topological polar surface area (TPSA) is 112 Å². The summed E-state index contributed by atoms with van der Waals surface area (Å²) in [6.45, 7) is 1.23. The fourth-order valence-corrected chi connectivity index (χ4v) is 5.10. The highest BCUT2D eigenvalue weighted by atomic mass is 31.2. The molecule has 224 valence electrons. The largest absolute Gasteiger partial charge is 0.452 e. The van der Waals surface area contributed by atoms with Gasteiger partial charge in [-0.15, -0.1) is 4.78 Å². The first kappa shape index (κ1) is 31.1. The minimum Gasteiger partial charge on any atom is -0.349 e. The Balaban J connectivity index is 1.66. The lowest BCUT2D eigenvalue weighted by atomic mass is 10.0. The second kappa shape index (κ2) is 11.4. The van der Waals surface area contributed by atoms with E-state index in [9.17, 15) is 49.9 Å². The van der Waals surface area contributed by atoms with Crippen molar-refractivity contribution in [1.29, 1.82) is 0 Å². The molecule has 0 spiro atoms. The van der Waals surface area contributed by atoms with Crippen LogP contribution in [0.25, 0.3) is 0 Å². The number of carbonyl (C=O) groups excluding carboxylic acids is 1. The monoisotopic (exact) mass is 613 g/mol. The van der Waals surface area contributed by atoms with Crippen LogP contribution in [-0.2, 0) is 31.2 Å². The number of hydrazone groups is 1. The Kier molecular flexibility index (Phi) is 8.65. The van der Waals surface area contributed by atoms with Crippen LogP contribution in [0.4, 0.5) is 30.7 Å². The molecule has 9 nitrogen and oxygen atoms in total. The first-order valence-corrected chi connectivity index (χ1v) is 13.5. The van der Waals surface area contributed by atoms with Gasteiger partial charge < -0.3 is 19.3 Å². The van der Waals surface area contributed by atoms with Crippen molar-refractivity contribution in [2.24, 2.45) is 5.10 Å². The molecular weight excluding hydrogens is 590 g/mol. The molecule has 0 aliphatic carbocycles. The normalized spacial score (nSPS) is 21.8. The van der Waals surface area contributed by atoms with Crippen molar-refractivity contribution < 1.29 is 59.4 Å². The fourth-order valence-electron chi connectivity index (χ4n) is 4.50. The predicted octanol–water partition coefficient (Wildman–Crippen LogP) is 5.02. The molecule has 4 rings (SSSR count). The van der Waals surface area contributed by atoms with Crippen LogP contribution in [0.15, 0.2) is 47.6 Å². The van der Waals surface area contributed by atoms with Gasteiger partial charge in [-0.1, -0.05) is 12.1 Å². The van der Waals surface area contributed by atoms with Crippen LogP contribution in [-0.4, -0.2) is 57.1 Å². The van der Waals surface area contributed by atoms with Crippen molar-refractivity contribution in [3.05, 3.63) is 70.5 Å². The summed E-state index contributed by atoms with van der Waals surface area (Å²) in [5, 5.41) is 3.72. The minimum absolute atomic E-state index is 0.000912. The van der Waals surface area contributed by atoms with Gasteiger partial charge in [-0.3, -0.25) is 9.69 Å². The zero-order valence-corrected chi connectivity index (χ0v) is 22.0. The van der Waals surface area contributed by atoms with Gasteiger partial charge in [0.05, 0.1) is 42.0 Å². The molecule has 17 heteroatoms. The molecule has 3 atom stereocenters. The Morgan fingerprint density at radius 1 is 1.07 bits per heavy atom. The van der Waals surface area contributed by atoms with E-state index >= 15 is 0 Å². The zero-order valence-electron chi connectivity index (χ0n) is 21.1. The Hall–Kier alpha value is -2.88. The summed E-state index contributed by atoms with van der Waals surface area (Å²) in [5.74, 6) is -1.53. The van der Waals surface area contributed by atoms with Crippen molar-refractivity contribution in [2.45, 2.75) is 44.1 Å². The molecule has 2 heterocycles. The summed E-state index contributed by atoms with van der Waals surface area (Å²) in [6, 6.07) is 5.15. The highest BCUT2D eigenvalue weighted by molar-refractivity contribution is 7.49. The van der Waals surface area contributed by atoms with Gasteiger partial charge >= 0.3 is 20.1 Å². The molecule has 1 amide bonds. The third-order valence-electron chi connectivity index (χ3n) is 6.39. The van der Waals surface area contributed by atoms with Gasteiger partial charge in [-0.05, 0) is 48.4 Å². The molecule has 1 fully saturated rings. The molecule has 0 aromatic heterocycles. The van der Waals surface area contributed by atoms with Crippen LogP contribution in [0.1, 0.15) is 47.7 Å². The second-order valence-electron chi connectivity index (χ2n) is 9.36. The number of morpholine rings is 1. The quantitative estimate of drug-likeness (QED) is 0.333. The first-order chi connectivity index (χ1) is 18.9. The van der Waals surface area contributed by atoms with Gasteiger partial charge in [0.25, 0.3) is 5.91 Å². The van der Waals surface area contributed by atoms with Crippen molar-refractivity contribution >= 4 is 19.4 Å². The van der Waals surface area contributed by atoms with Gasteiger partial charge in [0.15, 0.2) is 6.29 Å². The van der Waals surface area contributed by atoms with Crippen LogP contribution < -0.4 is 0 Å². The molecule has 2 N–H and O–H groups in total. The average Bonchev–Trinajstić information content (AvgIpc) is 3.24. The van der Waals surface area contributed by atoms with Crippen LogP contribution in [0.5, 0.6) is 0 Å². The molecular formula is C24H23F7N3O6P. The summed E-state index contributed by atoms with van der Waals surface area (Å²) in [4.78, 5) is 32.4. The third kappa shape index (κ3) is 7.31. The minimum atomic E-state index is -5.06. The van der Waals surface area contributed by atoms with E-state index in [1.807, 2.05) is 0 Å². The second-order valence-corrected chi connectivity index (χ2v) is 10.8. The van der Waals surface area contributed by atoms with Crippen molar-refractivity contribution in [2.75, 3.05) is 19.7 Å². The van der Waals surface area contributed by atoms with E-state index in [2.05, 4.69) is 5.10 Å². The number of alkyl halides is 6. The van der Waals surface area contributed by atoms with Gasteiger partial charge in [-0.2, -0.15) is 31.4 Å². The maximum absolute atomic E-state index is 13.7. The van der Waals surface area contributed by atoms with Crippen LogP contribution in [0.2, 0.25) is 0 Å². The maximum Gasteiger partial charge on any atom is 0.452 e. The number of benzene rings is 2. The number of nitrogens with zero attached hydrogens (tertiary/aromatic N) is 3. The number of halogens is 7. The number of hydrogen-bond donors (Lipinski definition) is 2. The van der Waals surface area contributed by atoms with Crippen molar-refractivity contribution in [3.63, 3.8) is 0 Å². The SMILES string of the molecule is C[C@@H](O[C@H]1OCCN(CC2=NN(P(=O)(O)O)C(=O)C2)[C@H]1c1ccc(F)cc1)c1cc(C(F)(F)F)cc(C(F)(F)F)c1. The Morgan fingerprint density at radius 2 is 1.66 bits per heavy atom. The standard InChI is InChI=1S/C24H23F7N3O6P/c1-13(15-8-16(23(26,27)28)10-17(9-15)24(29,30)31)40-22-21(14-2-4-18(25)5-3-14)33(6-7-39-22)12-19-11-20(35)34(32-19)41(36,37)38/h2-5,8-10,13,21-22H,6-7,11-12H2,1H3,(H2,36,37,38)/t13-,21+,22-/m1/s1. The molecule has 2 aromatic carbocycles. The van der Waals surface area contributed by atoms with E-state index in [4.69, 9.17) is 9.47 Å². The van der Waals surface area contributed by atoms with Gasteiger partial charge in [0.2, 0.25) is 0 Å². The van der Waals surface area contributed by atoms with Gasteiger partial charge in [-0.25, -0.2) is 8.96 Å². The first-order valence-electron chi connectivity index (χ1n) is 11.9. The molecule has 1 saturated heterocycles. The lowest BCUT2D eigenvalue weighted by Crippen LogP contribution is -2.48. The Labute approximate surface area is 228 Å². The Morgan fingerprint density at radius 3 is 2.17 bits per heavy atom. The smallest absolute Gasteiger partial charge is 0.349 e. The van der Waals surface area contributed by atoms with Crippen LogP contribution in [0.3, 0.4) is 0 Å². The highest BCUT2D eigenvalue weighted by Gasteiger charge is 2.41. The lowest BCUT2D eigenvalue weighted by molar-refractivity contribution is -0.227. The molecule has 41 heavy (non-hydrogen) atoms. The van der Waals surface area contributed by atoms with Crippen molar-refractivity contribution in [3.8, 4) is 0 Å². The van der Waals surface area contributed by atoms with Gasteiger partial charge in [0.1, 0.15) is 5.82 Å². The number of hydrogen-bond acceptors (Lipinski definition) is 6. The molecule has 2 aliphatic heterocycles. The maximum atomic E-state index is 13.7. The van der Waals surface area contributed by atoms with Crippen LogP contribution >= 0.6 is 7.75 Å². The van der Waals surface area contributed by atoms with E-state index < -0.39 is 73.4 Å². The summed E-state index contributed by atoms with van der Waals surface area (Å²) < 4.78 is 117. The fraction of sp³-hybridized carbons (Fsp3) is 0.417. The van der Waals surface area contributed by atoms with Crippen molar-refractivity contribution in [1.82, 2.24) is 9.68 Å². The summed E-state index contributed by atoms with van der Waals surface area (Å²) >= 11 is 0. The summed E-state index contributed by atoms with van der Waals surface area (Å²) in [7, 11) is -5.01. The van der Waals surface area contributed by atoms with Crippen LogP contribution in [0, 0.1) is 5.82 Å². The number of amides is 1. The number of ether oxygens (including phenoxy) is 2. The lowest BCUT2D eigenvalue weighted by Gasteiger charge is -2.42. The molecule has 2 aromatic rings. The highest BCUT2D eigenvalue weighted by Crippen LogP contribution is 2.43. The Bertz CT molecular complexity index is 1330. The zero-order chi connectivity index (χ0) is 30.3. The van der Waals surface area contributed by atoms with E-state index in [-0.39, 0.29) is 36.3 Å². The third-order valence-corrected chi connectivity index (χ3v) is 7.19. The van der Waals surface area contributed by atoms with Gasteiger partial charge in [0, 0.05) is 13.1 Å². The van der Waals surface area contributed by atoms with E-state index in [1.54, 1.807) is 4.90 Å². The molecule has 0 bridgehead atoms. The molecule has 2 aliphatic rings. The number of rotatable bonds is 7. The molecule has 0 saturated carbocycles. The molecule has 0 radical (unpaired) electrons. The van der Waals surface area contributed by atoms with E-state index in [0.29, 0.717) is 17.7 Å². The predicted molar refractivity (Wildman–Crippen MR) is 127 cm³/mol. The summed E-state index contributed by atoms with van der Waals surface area (Å²) in [5.41, 5.74) is -2.99. The number of carbonyl (C=O) groups is 1. The van der Waals surface area contributed by atoms with E-state index in [1.165, 1.54) is 19.1 Å². The van der Waals surface area contributed by atoms with E-state index in [0.717, 1.165) is 12.1 Å². The average molecular weight is 613 g/mol. The summed E-state index contributed by atoms with van der Waals surface area (Å²) in [6.07, 6.45) is -13.2. The molecule has 0 unspecified atom stereocenters.